The van der Waals surface area contributed by atoms with E-state index in [2.05, 4.69) is 23.8 Å². The summed E-state index contributed by atoms with van der Waals surface area (Å²) in [5, 5.41) is 1.24. The maximum absolute atomic E-state index is 4.23. The van der Waals surface area contributed by atoms with E-state index in [0.717, 1.165) is 10.5 Å². The lowest BCUT2D eigenvalue weighted by molar-refractivity contribution is 1.16. The first kappa shape index (κ1) is 7.68. The zero-order chi connectivity index (χ0) is 8.72. The van der Waals surface area contributed by atoms with Crippen LogP contribution >= 0.6 is 11.3 Å². The molecule has 2 aromatic rings. The van der Waals surface area contributed by atoms with E-state index in [0.29, 0.717) is 0 Å². The topological polar surface area (TPSA) is 25.8 Å². The second-order valence-corrected chi connectivity index (χ2v) is 4.13. The highest BCUT2D eigenvalue weighted by atomic mass is 32.1. The lowest BCUT2D eigenvalue weighted by Crippen LogP contribution is -1.84. The molecular weight excluding hydrogens is 168 g/mol. The van der Waals surface area contributed by atoms with Gasteiger partial charge < -0.3 is 0 Å². The fourth-order valence-electron chi connectivity index (χ4n) is 1.36. The van der Waals surface area contributed by atoms with Crippen LogP contribution in [0.4, 0.5) is 0 Å². The van der Waals surface area contributed by atoms with Crippen LogP contribution in [0.2, 0.25) is 0 Å². The van der Waals surface area contributed by atoms with Crippen LogP contribution in [0.25, 0.3) is 10.2 Å². The minimum Gasteiger partial charge on any atom is -0.241 e. The zero-order valence-corrected chi connectivity index (χ0v) is 8.20. The van der Waals surface area contributed by atoms with E-state index in [1.807, 2.05) is 6.92 Å². The molecule has 62 valence electrons. The third-order valence-corrected chi connectivity index (χ3v) is 3.27. The number of hydrogen-bond acceptors (Lipinski definition) is 3. The zero-order valence-electron chi connectivity index (χ0n) is 7.38. The predicted octanol–water partition coefficient (Wildman–Crippen LogP) is 2.62. The third-order valence-electron chi connectivity index (χ3n) is 2.15. The van der Waals surface area contributed by atoms with Gasteiger partial charge in [0.1, 0.15) is 11.2 Å². The average molecular weight is 178 g/mol. The van der Waals surface area contributed by atoms with Crippen molar-refractivity contribution in [3.63, 3.8) is 0 Å². The van der Waals surface area contributed by atoms with Crippen molar-refractivity contribution in [3.8, 4) is 0 Å². The Labute approximate surface area is 75.3 Å². The lowest BCUT2D eigenvalue weighted by atomic mass is 10.2. The Morgan fingerprint density at radius 2 is 1.92 bits per heavy atom. The Hall–Kier alpha value is -0.960. The van der Waals surface area contributed by atoms with Crippen molar-refractivity contribution >= 4 is 21.6 Å². The largest absolute Gasteiger partial charge is 0.241 e. The van der Waals surface area contributed by atoms with Crippen LogP contribution in [0.5, 0.6) is 0 Å². The van der Waals surface area contributed by atoms with Gasteiger partial charge in [-0.1, -0.05) is 0 Å². The Morgan fingerprint density at radius 1 is 1.17 bits per heavy atom. The normalized spacial score (nSPS) is 10.9. The molecule has 0 amide bonds. The molecule has 2 heterocycles. The summed E-state index contributed by atoms with van der Waals surface area (Å²) in [7, 11) is 0. The van der Waals surface area contributed by atoms with Gasteiger partial charge in [0.05, 0.1) is 0 Å². The van der Waals surface area contributed by atoms with Crippen LogP contribution in [0.1, 0.15) is 16.1 Å². The maximum atomic E-state index is 4.23. The van der Waals surface area contributed by atoms with Crippen LogP contribution in [-0.2, 0) is 0 Å². The minimum absolute atomic E-state index is 1.09. The fourth-order valence-corrected chi connectivity index (χ4v) is 2.41. The molecule has 0 aliphatic heterocycles. The van der Waals surface area contributed by atoms with Gasteiger partial charge in [-0.25, -0.2) is 9.97 Å². The highest BCUT2D eigenvalue weighted by Crippen LogP contribution is 2.29. The minimum atomic E-state index is 1.09. The Balaban J connectivity index is 2.97. The molecule has 0 N–H and O–H groups in total. The average Bonchev–Trinajstić information content (AvgIpc) is 2.29. The Bertz CT molecular complexity index is 431. The smallest absolute Gasteiger partial charge is 0.127 e. The van der Waals surface area contributed by atoms with Crippen molar-refractivity contribution in [2.75, 3.05) is 0 Å². The van der Waals surface area contributed by atoms with Gasteiger partial charge in [-0.05, 0) is 26.3 Å². The standard InChI is InChI=1S/C9H10N2S/c1-5-7(3)12-9-8(5)6(2)10-4-11-9/h4H,1-3H3. The number of aromatic nitrogens is 2. The summed E-state index contributed by atoms with van der Waals surface area (Å²) in [4.78, 5) is 10.9. The fraction of sp³-hybridized carbons (Fsp3) is 0.333. The van der Waals surface area contributed by atoms with Crippen LogP contribution in [0.15, 0.2) is 6.33 Å². The Kier molecular flexibility index (Phi) is 1.61. The van der Waals surface area contributed by atoms with Crippen molar-refractivity contribution in [2.24, 2.45) is 0 Å². The van der Waals surface area contributed by atoms with Gasteiger partial charge >= 0.3 is 0 Å². The molecule has 2 nitrogen and oxygen atoms in total. The lowest BCUT2D eigenvalue weighted by Gasteiger charge is -1.94. The molecule has 0 saturated heterocycles. The molecule has 3 heteroatoms. The number of fused-ring (bicyclic) bond motifs is 1. The SMILES string of the molecule is Cc1sc2ncnc(C)c2c1C. The van der Waals surface area contributed by atoms with Crippen LogP contribution < -0.4 is 0 Å². The molecule has 2 rings (SSSR count). The van der Waals surface area contributed by atoms with Gasteiger partial charge in [-0.2, -0.15) is 0 Å². The molecule has 0 spiro atoms. The van der Waals surface area contributed by atoms with E-state index in [1.54, 1.807) is 17.7 Å². The summed E-state index contributed by atoms with van der Waals surface area (Å²) in [5.41, 5.74) is 2.41. The molecule has 0 bridgehead atoms. The van der Waals surface area contributed by atoms with E-state index in [1.165, 1.54) is 15.8 Å². The molecule has 0 atom stereocenters. The van der Waals surface area contributed by atoms with Crippen LogP contribution in [-0.4, -0.2) is 9.97 Å². The third kappa shape index (κ3) is 0.932. The van der Waals surface area contributed by atoms with Crippen molar-refractivity contribution in [2.45, 2.75) is 20.8 Å². The summed E-state index contributed by atoms with van der Waals surface area (Å²) in [6, 6.07) is 0. The monoisotopic (exact) mass is 178 g/mol. The predicted molar refractivity (Wildman–Crippen MR) is 51.6 cm³/mol. The van der Waals surface area contributed by atoms with Gasteiger partial charge in [0.25, 0.3) is 0 Å². The number of thiophene rings is 1. The van der Waals surface area contributed by atoms with E-state index in [-0.39, 0.29) is 0 Å². The molecule has 0 saturated carbocycles. The van der Waals surface area contributed by atoms with Gasteiger partial charge in [0.2, 0.25) is 0 Å². The Morgan fingerprint density at radius 3 is 2.58 bits per heavy atom. The summed E-state index contributed by atoms with van der Waals surface area (Å²) < 4.78 is 0. The number of aryl methyl sites for hydroxylation is 3. The summed E-state index contributed by atoms with van der Waals surface area (Å²) in [6.07, 6.45) is 1.63. The van der Waals surface area contributed by atoms with Crippen molar-refractivity contribution in [3.05, 3.63) is 22.5 Å². The summed E-state index contributed by atoms with van der Waals surface area (Å²) >= 11 is 1.74. The van der Waals surface area contributed by atoms with Gasteiger partial charge in [-0.15, -0.1) is 11.3 Å². The van der Waals surface area contributed by atoms with Gasteiger partial charge in [0, 0.05) is 16.0 Å². The molecule has 0 fully saturated rings. The first-order chi connectivity index (χ1) is 5.70. The van der Waals surface area contributed by atoms with E-state index in [9.17, 15) is 0 Å². The first-order valence-corrected chi connectivity index (χ1v) is 4.69. The first-order valence-electron chi connectivity index (χ1n) is 3.87. The second-order valence-electron chi connectivity index (χ2n) is 2.92. The molecule has 12 heavy (non-hydrogen) atoms. The molecule has 0 aliphatic rings. The van der Waals surface area contributed by atoms with E-state index in [4.69, 9.17) is 0 Å². The van der Waals surface area contributed by atoms with Gasteiger partial charge in [0.15, 0.2) is 0 Å². The molecule has 0 aliphatic carbocycles. The summed E-state index contributed by atoms with van der Waals surface area (Å²) in [5.74, 6) is 0. The van der Waals surface area contributed by atoms with Crippen molar-refractivity contribution < 1.29 is 0 Å². The number of hydrogen-bond donors (Lipinski definition) is 0. The van der Waals surface area contributed by atoms with E-state index < -0.39 is 0 Å². The molecule has 0 unspecified atom stereocenters. The second kappa shape index (κ2) is 2.52. The molecular formula is C9H10N2S. The quantitative estimate of drug-likeness (QED) is 0.619. The van der Waals surface area contributed by atoms with Crippen LogP contribution in [0, 0.1) is 20.8 Å². The van der Waals surface area contributed by atoms with Crippen molar-refractivity contribution in [1.82, 2.24) is 9.97 Å². The number of nitrogens with zero attached hydrogens (tertiary/aromatic N) is 2. The molecule has 2 aromatic heterocycles. The highest BCUT2D eigenvalue weighted by Gasteiger charge is 2.07. The van der Waals surface area contributed by atoms with Crippen LogP contribution in [0.3, 0.4) is 0 Å². The highest BCUT2D eigenvalue weighted by molar-refractivity contribution is 7.18. The molecule has 0 radical (unpaired) electrons. The van der Waals surface area contributed by atoms with E-state index >= 15 is 0 Å². The van der Waals surface area contributed by atoms with Crippen molar-refractivity contribution in [1.29, 1.82) is 0 Å². The molecule has 0 aromatic carbocycles. The number of rotatable bonds is 0. The maximum Gasteiger partial charge on any atom is 0.127 e. The summed E-state index contributed by atoms with van der Waals surface area (Å²) in [6.45, 7) is 6.29. The van der Waals surface area contributed by atoms with Gasteiger partial charge in [-0.3, -0.25) is 0 Å².